The Hall–Kier alpha value is -3.45. The number of nitrogens with zero attached hydrogens (tertiary/aromatic N) is 3. The van der Waals surface area contributed by atoms with Crippen LogP contribution in [0, 0.1) is 24.0 Å². The maximum absolute atomic E-state index is 10.6. The van der Waals surface area contributed by atoms with E-state index in [-0.39, 0.29) is 5.69 Å². The van der Waals surface area contributed by atoms with E-state index in [1.54, 1.807) is 6.21 Å². The number of hydrazone groups is 1. The first kappa shape index (κ1) is 20.3. The zero-order valence-corrected chi connectivity index (χ0v) is 16.7. The van der Waals surface area contributed by atoms with Crippen LogP contribution in [0.4, 0.5) is 11.5 Å². The molecule has 29 heavy (non-hydrogen) atoms. The monoisotopic (exact) mass is 410 g/mol. The third kappa shape index (κ3) is 5.52. The number of nitro groups is 1. The second-order valence-corrected chi connectivity index (χ2v) is 6.86. The van der Waals surface area contributed by atoms with Crippen molar-refractivity contribution in [1.82, 2.24) is 4.98 Å². The van der Waals surface area contributed by atoms with Gasteiger partial charge in [0.25, 0.3) is 5.69 Å². The third-order valence-electron chi connectivity index (χ3n) is 4.13. The highest BCUT2D eigenvalue weighted by Crippen LogP contribution is 2.25. The zero-order chi connectivity index (χ0) is 20.8. The van der Waals surface area contributed by atoms with Gasteiger partial charge < -0.3 is 4.74 Å². The van der Waals surface area contributed by atoms with Gasteiger partial charge in [0.2, 0.25) is 0 Å². The molecule has 2 aromatic carbocycles. The van der Waals surface area contributed by atoms with Crippen LogP contribution in [-0.2, 0) is 6.61 Å². The molecule has 0 aliphatic heterocycles. The fourth-order valence-corrected chi connectivity index (χ4v) is 2.88. The van der Waals surface area contributed by atoms with Gasteiger partial charge in [0.15, 0.2) is 0 Å². The van der Waals surface area contributed by atoms with Gasteiger partial charge in [-0.2, -0.15) is 5.10 Å². The minimum atomic E-state index is -0.498. The third-order valence-corrected chi connectivity index (χ3v) is 4.38. The minimum absolute atomic E-state index is 0.0695. The van der Waals surface area contributed by atoms with E-state index in [9.17, 15) is 10.1 Å². The molecule has 0 atom stereocenters. The molecule has 0 saturated carbocycles. The minimum Gasteiger partial charge on any atom is -0.488 e. The summed E-state index contributed by atoms with van der Waals surface area (Å²) in [6.45, 7) is 4.42. The molecule has 0 amide bonds. The summed E-state index contributed by atoms with van der Waals surface area (Å²) in [7, 11) is 0. The van der Waals surface area contributed by atoms with Crippen molar-refractivity contribution in [2.45, 2.75) is 20.5 Å². The Bertz CT molecular complexity index is 1010. The largest absolute Gasteiger partial charge is 0.488 e. The lowest BCUT2D eigenvalue weighted by molar-refractivity contribution is -0.385. The molecule has 0 bridgehead atoms. The van der Waals surface area contributed by atoms with E-state index < -0.39 is 4.92 Å². The van der Waals surface area contributed by atoms with Crippen LogP contribution in [0.1, 0.15) is 22.3 Å². The number of pyridine rings is 1. The van der Waals surface area contributed by atoms with Gasteiger partial charge in [0, 0.05) is 11.1 Å². The highest BCUT2D eigenvalue weighted by molar-refractivity contribution is 6.30. The molecule has 1 N–H and O–H groups in total. The Morgan fingerprint density at radius 2 is 1.86 bits per heavy atom. The molecule has 0 spiro atoms. The van der Waals surface area contributed by atoms with Gasteiger partial charge in [-0.3, -0.25) is 15.5 Å². The normalized spacial score (nSPS) is 10.9. The first-order chi connectivity index (χ1) is 13.9. The maximum Gasteiger partial charge on any atom is 0.287 e. The molecule has 0 aliphatic carbocycles. The number of ether oxygens (including phenoxy) is 1. The van der Waals surface area contributed by atoms with Crippen LogP contribution < -0.4 is 10.2 Å². The van der Waals surface area contributed by atoms with Crippen molar-refractivity contribution < 1.29 is 9.66 Å². The van der Waals surface area contributed by atoms with Gasteiger partial charge in [0.05, 0.1) is 11.1 Å². The van der Waals surface area contributed by atoms with Crippen molar-refractivity contribution in [3.63, 3.8) is 0 Å². The molecule has 0 radical (unpaired) electrons. The molecule has 148 valence electrons. The molecule has 7 nitrogen and oxygen atoms in total. The van der Waals surface area contributed by atoms with Crippen molar-refractivity contribution in [2.24, 2.45) is 5.10 Å². The van der Waals surface area contributed by atoms with Crippen molar-refractivity contribution >= 4 is 29.3 Å². The fraction of sp³-hybridized carbons (Fsp3) is 0.143. The molecule has 0 unspecified atom stereocenters. The standard InChI is InChI=1S/C21H19ClN4O3/c1-14-9-17(11-24-25-20-8-7-19(12-23-20)26(27)28)10-15(2)21(14)29-13-16-3-5-18(22)6-4-16/h3-12H,13H2,1-2H3,(H,23,25)/b24-11+. The first-order valence-corrected chi connectivity index (χ1v) is 9.18. The van der Waals surface area contributed by atoms with E-state index in [1.807, 2.05) is 50.2 Å². The lowest BCUT2D eigenvalue weighted by Crippen LogP contribution is -2.00. The van der Waals surface area contributed by atoms with Gasteiger partial charge in [-0.15, -0.1) is 0 Å². The van der Waals surface area contributed by atoms with E-state index in [2.05, 4.69) is 15.5 Å². The van der Waals surface area contributed by atoms with E-state index in [0.717, 1.165) is 28.0 Å². The summed E-state index contributed by atoms with van der Waals surface area (Å²) in [4.78, 5) is 14.1. The van der Waals surface area contributed by atoms with Crippen LogP contribution in [0.5, 0.6) is 5.75 Å². The quantitative estimate of drug-likeness (QED) is 0.325. The molecule has 1 heterocycles. The van der Waals surface area contributed by atoms with Crippen LogP contribution in [-0.4, -0.2) is 16.1 Å². The van der Waals surface area contributed by atoms with Gasteiger partial charge in [-0.1, -0.05) is 23.7 Å². The Morgan fingerprint density at radius 3 is 2.45 bits per heavy atom. The summed E-state index contributed by atoms with van der Waals surface area (Å²) >= 11 is 5.91. The average molecular weight is 411 g/mol. The Labute approximate surface area is 173 Å². The van der Waals surface area contributed by atoms with Crippen LogP contribution in [0.2, 0.25) is 5.02 Å². The molecule has 8 heteroatoms. The van der Waals surface area contributed by atoms with E-state index in [1.165, 1.54) is 18.3 Å². The second-order valence-electron chi connectivity index (χ2n) is 6.43. The number of anilines is 1. The number of nitrogens with one attached hydrogen (secondary N) is 1. The second kappa shape index (κ2) is 9.16. The summed E-state index contributed by atoms with van der Waals surface area (Å²) in [5.41, 5.74) is 6.61. The molecular formula is C21H19ClN4O3. The summed E-state index contributed by atoms with van der Waals surface area (Å²) in [6.07, 6.45) is 2.84. The number of rotatable bonds is 7. The molecule has 0 saturated heterocycles. The van der Waals surface area contributed by atoms with Crippen LogP contribution >= 0.6 is 11.6 Å². The van der Waals surface area contributed by atoms with Gasteiger partial charge in [-0.05, 0) is 66.4 Å². The average Bonchev–Trinajstić information content (AvgIpc) is 2.69. The highest BCUT2D eigenvalue weighted by atomic mass is 35.5. The van der Waals surface area contributed by atoms with Gasteiger partial charge >= 0.3 is 0 Å². The van der Waals surface area contributed by atoms with Crippen molar-refractivity contribution in [2.75, 3.05) is 5.43 Å². The number of benzene rings is 2. The van der Waals surface area contributed by atoms with Crippen LogP contribution in [0.3, 0.4) is 0 Å². The number of aryl methyl sites for hydroxylation is 2. The topological polar surface area (TPSA) is 89.7 Å². The van der Waals surface area contributed by atoms with Crippen molar-refractivity contribution in [3.8, 4) is 5.75 Å². The molecular weight excluding hydrogens is 392 g/mol. The summed E-state index contributed by atoms with van der Waals surface area (Å²) in [6, 6.07) is 14.4. The van der Waals surface area contributed by atoms with Crippen LogP contribution in [0.25, 0.3) is 0 Å². The van der Waals surface area contributed by atoms with Gasteiger partial charge in [-0.25, -0.2) is 4.98 Å². The molecule has 0 fully saturated rings. The maximum atomic E-state index is 10.6. The number of hydrogen-bond donors (Lipinski definition) is 1. The lowest BCUT2D eigenvalue weighted by atomic mass is 10.1. The van der Waals surface area contributed by atoms with E-state index in [0.29, 0.717) is 17.4 Å². The van der Waals surface area contributed by atoms with Gasteiger partial charge in [0.1, 0.15) is 24.4 Å². The SMILES string of the molecule is Cc1cc(/C=N/Nc2ccc([N+](=O)[O-])cn2)cc(C)c1OCc1ccc(Cl)cc1. The predicted octanol–water partition coefficient (Wildman–Crippen LogP) is 5.29. The summed E-state index contributed by atoms with van der Waals surface area (Å²) < 4.78 is 5.98. The first-order valence-electron chi connectivity index (χ1n) is 8.80. The van der Waals surface area contributed by atoms with Crippen LogP contribution in [0.15, 0.2) is 59.8 Å². The van der Waals surface area contributed by atoms with Crippen molar-refractivity contribution in [3.05, 3.63) is 92.1 Å². The number of hydrogen-bond acceptors (Lipinski definition) is 6. The molecule has 3 aromatic rings. The smallest absolute Gasteiger partial charge is 0.287 e. The Morgan fingerprint density at radius 1 is 1.17 bits per heavy atom. The van der Waals surface area contributed by atoms with Crippen molar-refractivity contribution in [1.29, 1.82) is 0 Å². The van der Waals surface area contributed by atoms with E-state index in [4.69, 9.17) is 16.3 Å². The fourth-order valence-electron chi connectivity index (χ4n) is 2.76. The number of halogens is 1. The Kier molecular flexibility index (Phi) is 6.41. The molecule has 0 aliphatic rings. The lowest BCUT2D eigenvalue weighted by Gasteiger charge is -2.13. The molecule has 1 aromatic heterocycles. The van der Waals surface area contributed by atoms with E-state index >= 15 is 0 Å². The summed E-state index contributed by atoms with van der Waals surface area (Å²) in [5, 5.41) is 15.5. The molecule has 3 rings (SSSR count). The highest BCUT2D eigenvalue weighted by Gasteiger charge is 2.07. The number of aromatic nitrogens is 1. The predicted molar refractivity (Wildman–Crippen MR) is 114 cm³/mol. The Balaban J connectivity index is 1.64. The zero-order valence-electron chi connectivity index (χ0n) is 15.9. The summed E-state index contributed by atoms with van der Waals surface area (Å²) in [5.74, 6) is 1.25.